The van der Waals surface area contributed by atoms with Crippen molar-refractivity contribution in [2.75, 3.05) is 26.2 Å². The molecule has 0 atom stereocenters. The molecule has 30 heavy (non-hydrogen) atoms. The van der Waals surface area contributed by atoms with E-state index in [2.05, 4.69) is 51.5 Å². The highest BCUT2D eigenvalue weighted by atomic mass is 16.5. The molecule has 6 heteroatoms. The molecule has 0 unspecified atom stereocenters. The Morgan fingerprint density at radius 2 is 1.83 bits per heavy atom. The van der Waals surface area contributed by atoms with Crippen LogP contribution in [-0.4, -0.2) is 53.1 Å². The van der Waals surface area contributed by atoms with Crippen LogP contribution >= 0.6 is 0 Å². The predicted octanol–water partition coefficient (Wildman–Crippen LogP) is 3.28. The van der Waals surface area contributed by atoms with Gasteiger partial charge in [0.1, 0.15) is 0 Å². The number of rotatable bonds is 6. The highest BCUT2D eigenvalue weighted by molar-refractivity contribution is 5.78. The molecule has 2 aromatic rings. The van der Waals surface area contributed by atoms with E-state index in [0.717, 1.165) is 57.0 Å². The number of carbonyl (C=O) groups excluding carboxylic acids is 1. The molecule has 0 saturated carbocycles. The van der Waals surface area contributed by atoms with Crippen LogP contribution in [0.2, 0.25) is 0 Å². The third-order valence-corrected chi connectivity index (χ3v) is 6.74. The van der Waals surface area contributed by atoms with Crippen molar-refractivity contribution in [3.05, 3.63) is 52.9 Å². The summed E-state index contributed by atoms with van der Waals surface area (Å²) in [5, 5.41) is 6.88. The van der Waals surface area contributed by atoms with Gasteiger partial charge in [-0.05, 0) is 76.8 Å². The van der Waals surface area contributed by atoms with Gasteiger partial charge in [-0.15, -0.1) is 0 Å². The Bertz CT molecular complexity index is 833. The number of likely N-dealkylation sites (tertiary alicyclic amines) is 2. The third kappa shape index (κ3) is 5.29. The van der Waals surface area contributed by atoms with Gasteiger partial charge in [0, 0.05) is 24.6 Å². The van der Waals surface area contributed by atoms with Gasteiger partial charge in [0.25, 0.3) is 0 Å². The van der Waals surface area contributed by atoms with E-state index in [-0.39, 0.29) is 11.8 Å². The Morgan fingerprint density at radius 3 is 2.50 bits per heavy atom. The van der Waals surface area contributed by atoms with Gasteiger partial charge in [-0.25, -0.2) is 0 Å². The molecule has 2 fully saturated rings. The number of nitrogens with one attached hydrogen (secondary N) is 1. The fourth-order valence-electron chi connectivity index (χ4n) is 4.82. The summed E-state index contributed by atoms with van der Waals surface area (Å²) in [4.78, 5) is 17.7. The molecule has 0 radical (unpaired) electrons. The maximum Gasteiger partial charge on any atom is 0.223 e. The van der Waals surface area contributed by atoms with Crippen LogP contribution in [0, 0.1) is 19.8 Å². The third-order valence-electron chi connectivity index (χ3n) is 6.74. The van der Waals surface area contributed by atoms with E-state index >= 15 is 0 Å². The molecule has 2 aliphatic heterocycles. The van der Waals surface area contributed by atoms with Gasteiger partial charge in [0.15, 0.2) is 5.76 Å². The lowest BCUT2D eigenvalue weighted by Gasteiger charge is -2.41. The van der Waals surface area contributed by atoms with E-state index in [1.807, 2.05) is 13.0 Å². The largest absolute Gasteiger partial charge is 0.359 e. The Labute approximate surface area is 179 Å². The first-order valence-electron chi connectivity index (χ1n) is 11.3. The van der Waals surface area contributed by atoms with E-state index in [1.54, 1.807) is 0 Å². The number of carbonyl (C=O) groups is 1. The SMILES string of the molecule is Cc1cc(CNC(=O)C2CCN(C3CCN(Cc4ccccc4C)CC3)CC2)on1. The average Bonchev–Trinajstić information content (AvgIpc) is 3.19. The van der Waals surface area contributed by atoms with Crippen molar-refractivity contribution < 1.29 is 9.32 Å². The zero-order chi connectivity index (χ0) is 20.9. The van der Waals surface area contributed by atoms with Gasteiger partial charge < -0.3 is 14.7 Å². The number of nitrogens with zero attached hydrogens (tertiary/aromatic N) is 3. The van der Waals surface area contributed by atoms with Crippen LogP contribution in [0.5, 0.6) is 0 Å². The van der Waals surface area contributed by atoms with E-state index in [4.69, 9.17) is 4.52 Å². The lowest BCUT2D eigenvalue weighted by molar-refractivity contribution is -0.127. The number of aromatic nitrogens is 1. The fraction of sp³-hybridized carbons (Fsp3) is 0.583. The topological polar surface area (TPSA) is 61.6 Å². The minimum absolute atomic E-state index is 0.117. The lowest BCUT2D eigenvalue weighted by atomic mass is 9.92. The predicted molar refractivity (Wildman–Crippen MR) is 117 cm³/mol. The molecule has 6 nitrogen and oxygen atoms in total. The fourth-order valence-corrected chi connectivity index (χ4v) is 4.82. The molecule has 1 aromatic carbocycles. The molecule has 0 aliphatic carbocycles. The monoisotopic (exact) mass is 410 g/mol. The van der Waals surface area contributed by atoms with E-state index in [9.17, 15) is 4.79 Å². The molecular weight excluding hydrogens is 376 g/mol. The van der Waals surface area contributed by atoms with Crippen molar-refractivity contribution in [1.82, 2.24) is 20.3 Å². The summed E-state index contributed by atoms with van der Waals surface area (Å²) in [6, 6.07) is 11.2. The minimum atomic E-state index is 0.117. The molecule has 1 aromatic heterocycles. The maximum absolute atomic E-state index is 12.5. The Hall–Kier alpha value is -2.18. The zero-order valence-electron chi connectivity index (χ0n) is 18.3. The van der Waals surface area contributed by atoms with Gasteiger partial charge in [0.2, 0.25) is 5.91 Å². The second-order valence-electron chi connectivity index (χ2n) is 8.90. The molecule has 0 spiro atoms. The van der Waals surface area contributed by atoms with Crippen molar-refractivity contribution in [1.29, 1.82) is 0 Å². The summed E-state index contributed by atoms with van der Waals surface area (Å²) in [7, 11) is 0. The van der Waals surface area contributed by atoms with Gasteiger partial charge in [-0.1, -0.05) is 29.4 Å². The summed E-state index contributed by atoms with van der Waals surface area (Å²) in [6.07, 6.45) is 4.36. The van der Waals surface area contributed by atoms with Gasteiger partial charge >= 0.3 is 0 Å². The van der Waals surface area contributed by atoms with Crippen molar-refractivity contribution >= 4 is 5.91 Å². The molecule has 1 N–H and O–H groups in total. The lowest BCUT2D eigenvalue weighted by Crippen LogP contribution is -2.49. The second-order valence-corrected chi connectivity index (χ2v) is 8.90. The van der Waals surface area contributed by atoms with Gasteiger partial charge in [0.05, 0.1) is 12.2 Å². The first-order valence-corrected chi connectivity index (χ1v) is 11.3. The highest BCUT2D eigenvalue weighted by Gasteiger charge is 2.30. The average molecular weight is 411 g/mol. The molecule has 2 saturated heterocycles. The van der Waals surface area contributed by atoms with Crippen molar-refractivity contribution in [2.24, 2.45) is 5.92 Å². The Kier molecular flexibility index (Phi) is 6.85. The summed E-state index contributed by atoms with van der Waals surface area (Å²) in [5.74, 6) is 0.985. The van der Waals surface area contributed by atoms with Gasteiger partial charge in [-0.2, -0.15) is 0 Å². The number of hydrogen-bond acceptors (Lipinski definition) is 5. The van der Waals surface area contributed by atoms with Crippen molar-refractivity contribution in [3.8, 4) is 0 Å². The summed E-state index contributed by atoms with van der Waals surface area (Å²) >= 11 is 0. The first kappa shape index (κ1) is 21.1. The Morgan fingerprint density at radius 1 is 1.10 bits per heavy atom. The Balaban J connectivity index is 1.18. The molecule has 4 rings (SSSR count). The molecule has 0 bridgehead atoms. The standard InChI is InChI=1S/C24H34N4O2/c1-18-5-3-4-6-21(18)17-27-11-9-22(10-12-27)28-13-7-20(8-14-28)24(29)25-16-23-15-19(2)26-30-23/h3-6,15,20,22H,7-14,16-17H2,1-2H3,(H,25,29). The number of hydrogen-bond donors (Lipinski definition) is 1. The minimum Gasteiger partial charge on any atom is -0.359 e. The number of aryl methyl sites for hydroxylation is 2. The number of benzene rings is 1. The van der Waals surface area contributed by atoms with Crippen LogP contribution in [0.25, 0.3) is 0 Å². The van der Waals surface area contributed by atoms with Crippen LogP contribution in [0.4, 0.5) is 0 Å². The van der Waals surface area contributed by atoms with Crippen LogP contribution in [0.1, 0.15) is 48.3 Å². The molecule has 162 valence electrons. The summed E-state index contributed by atoms with van der Waals surface area (Å²) in [6.45, 7) is 9.97. The molecular formula is C24H34N4O2. The smallest absolute Gasteiger partial charge is 0.223 e. The van der Waals surface area contributed by atoms with Gasteiger partial charge in [-0.3, -0.25) is 9.69 Å². The zero-order valence-corrected chi connectivity index (χ0v) is 18.3. The van der Waals surface area contributed by atoms with Crippen molar-refractivity contribution in [3.63, 3.8) is 0 Å². The van der Waals surface area contributed by atoms with Crippen LogP contribution in [0.3, 0.4) is 0 Å². The van der Waals surface area contributed by atoms with Crippen LogP contribution in [-0.2, 0) is 17.9 Å². The van der Waals surface area contributed by atoms with E-state index < -0.39 is 0 Å². The van der Waals surface area contributed by atoms with E-state index in [1.165, 1.54) is 24.0 Å². The van der Waals surface area contributed by atoms with Crippen molar-refractivity contribution in [2.45, 2.75) is 58.7 Å². The van der Waals surface area contributed by atoms with Crippen LogP contribution < -0.4 is 5.32 Å². The quantitative estimate of drug-likeness (QED) is 0.792. The van der Waals surface area contributed by atoms with Crippen LogP contribution in [0.15, 0.2) is 34.9 Å². The van der Waals surface area contributed by atoms with E-state index in [0.29, 0.717) is 12.6 Å². The molecule has 1 amide bonds. The molecule has 2 aliphatic rings. The second kappa shape index (κ2) is 9.75. The highest BCUT2D eigenvalue weighted by Crippen LogP contribution is 2.25. The molecule has 3 heterocycles. The summed E-state index contributed by atoms with van der Waals surface area (Å²) in [5.41, 5.74) is 3.68. The normalized spacial score (nSPS) is 19.8. The maximum atomic E-state index is 12.5. The first-order chi connectivity index (χ1) is 14.6. The number of piperidine rings is 2. The number of amides is 1. The summed E-state index contributed by atoms with van der Waals surface area (Å²) < 4.78 is 5.17.